The molecule has 148 valence electrons. The average molecular weight is 400 g/mol. The fourth-order valence-corrected chi connectivity index (χ4v) is 3.98. The Balaban J connectivity index is 1.78. The summed E-state index contributed by atoms with van der Waals surface area (Å²) >= 11 is 6.33. The lowest BCUT2D eigenvalue weighted by molar-refractivity contribution is -0.105. The number of ether oxygens (including phenoxy) is 1. The molecule has 1 aromatic heterocycles. The Kier molecular flexibility index (Phi) is 5.89. The fourth-order valence-electron chi connectivity index (χ4n) is 3.71. The van der Waals surface area contributed by atoms with Crippen LogP contribution in [0.1, 0.15) is 48.9 Å². The maximum Gasteiger partial charge on any atom is 0.248 e. The molecule has 0 saturated heterocycles. The lowest BCUT2D eigenvalue weighted by atomic mass is 9.79. The third-order valence-electron chi connectivity index (χ3n) is 5.42. The van der Waals surface area contributed by atoms with Crippen LogP contribution in [0.5, 0.6) is 0 Å². The van der Waals surface area contributed by atoms with Crippen molar-refractivity contribution in [3.63, 3.8) is 0 Å². The van der Waals surface area contributed by atoms with Gasteiger partial charge in [0.2, 0.25) is 5.92 Å². The van der Waals surface area contributed by atoms with E-state index in [4.69, 9.17) is 16.3 Å². The maximum atomic E-state index is 13.3. The minimum atomic E-state index is -2.71. The van der Waals surface area contributed by atoms with Crippen LogP contribution in [-0.4, -0.2) is 40.7 Å². The lowest BCUT2D eigenvalue weighted by Crippen LogP contribution is -2.38. The van der Waals surface area contributed by atoms with Crippen molar-refractivity contribution >= 4 is 28.3 Å². The summed E-state index contributed by atoms with van der Waals surface area (Å²) in [6.07, 6.45) is 1.40. The van der Waals surface area contributed by atoms with Crippen molar-refractivity contribution < 1.29 is 23.4 Å². The van der Waals surface area contributed by atoms with Crippen molar-refractivity contribution in [2.24, 2.45) is 0 Å². The summed E-state index contributed by atoms with van der Waals surface area (Å²) < 4.78 is 33.7. The number of fused-ring (bicyclic) bond motifs is 1. The monoisotopic (exact) mass is 399 g/mol. The Morgan fingerprint density at radius 2 is 2.00 bits per heavy atom. The van der Waals surface area contributed by atoms with Crippen LogP contribution in [-0.2, 0) is 11.3 Å². The number of methoxy groups -OCH3 is 1. The van der Waals surface area contributed by atoms with E-state index in [9.17, 15) is 18.7 Å². The largest absolute Gasteiger partial charge is 0.390 e. The first-order chi connectivity index (χ1) is 12.7. The number of ketones is 1. The molecule has 7 heteroatoms. The first-order valence-corrected chi connectivity index (χ1v) is 9.52. The topological polar surface area (TPSA) is 51.5 Å². The van der Waals surface area contributed by atoms with Crippen LogP contribution in [0.2, 0.25) is 5.02 Å². The summed E-state index contributed by atoms with van der Waals surface area (Å²) in [6.45, 7) is 1.08. The highest BCUT2D eigenvalue weighted by Gasteiger charge is 2.42. The van der Waals surface area contributed by atoms with Gasteiger partial charge in [-0.1, -0.05) is 17.7 Å². The molecule has 0 bridgehead atoms. The molecule has 0 spiro atoms. The van der Waals surface area contributed by atoms with E-state index in [2.05, 4.69) is 0 Å². The third kappa shape index (κ3) is 4.50. The normalized spacial score (nSPS) is 18.7. The molecule has 1 fully saturated rings. The van der Waals surface area contributed by atoms with Crippen LogP contribution in [0.3, 0.4) is 0 Å². The predicted octanol–water partition coefficient (Wildman–Crippen LogP) is 4.84. The van der Waals surface area contributed by atoms with Gasteiger partial charge in [0.25, 0.3) is 0 Å². The highest BCUT2D eigenvalue weighted by Crippen LogP contribution is 2.41. The van der Waals surface area contributed by atoms with Crippen molar-refractivity contribution in [1.29, 1.82) is 0 Å². The number of benzene rings is 1. The first kappa shape index (κ1) is 20.2. The van der Waals surface area contributed by atoms with Crippen LogP contribution in [0.4, 0.5) is 8.78 Å². The second-order valence-corrected chi connectivity index (χ2v) is 7.77. The molecule has 0 amide bonds. The minimum absolute atomic E-state index is 0.0175. The molecule has 0 atom stereocenters. The van der Waals surface area contributed by atoms with E-state index in [1.165, 1.54) is 0 Å². The molecule has 1 saturated carbocycles. The van der Waals surface area contributed by atoms with Gasteiger partial charge in [0.05, 0.1) is 22.7 Å². The van der Waals surface area contributed by atoms with Gasteiger partial charge in [-0.3, -0.25) is 4.79 Å². The minimum Gasteiger partial charge on any atom is -0.390 e. The van der Waals surface area contributed by atoms with E-state index in [1.807, 2.05) is 16.7 Å². The zero-order valence-electron chi connectivity index (χ0n) is 15.3. The molecule has 4 nitrogen and oxygen atoms in total. The lowest BCUT2D eigenvalue weighted by Gasteiger charge is -2.35. The molecule has 0 aliphatic heterocycles. The number of carbonyl (C=O) groups excluding carboxylic acids is 1. The van der Waals surface area contributed by atoms with Gasteiger partial charge in [-0.25, -0.2) is 8.78 Å². The Labute approximate surface area is 162 Å². The fraction of sp³-hybridized carbons (Fsp3) is 0.550. The highest BCUT2D eigenvalue weighted by atomic mass is 35.5. The molecular weight excluding hydrogens is 376 g/mol. The highest BCUT2D eigenvalue weighted by molar-refractivity contribution is 6.37. The number of hydrogen-bond donors (Lipinski definition) is 1. The SMILES string of the molecule is COCCn1cc(C(=O)CCC2(O)CCC(F)(F)CC2)c2c(Cl)cccc21. The number of carbonyl (C=O) groups is 1. The van der Waals surface area contributed by atoms with E-state index < -0.39 is 11.5 Å². The Morgan fingerprint density at radius 3 is 2.67 bits per heavy atom. The molecule has 1 heterocycles. The smallest absolute Gasteiger partial charge is 0.248 e. The number of hydrogen-bond acceptors (Lipinski definition) is 3. The average Bonchev–Trinajstić information content (AvgIpc) is 3.01. The number of alkyl halides is 2. The Morgan fingerprint density at radius 1 is 1.30 bits per heavy atom. The molecule has 1 aliphatic carbocycles. The molecule has 3 rings (SSSR count). The van der Waals surface area contributed by atoms with E-state index in [-0.39, 0.29) is 44.3 Å². The summed E-state index contributed by atoms with van der Waals surface area (Å²) in [7, 11) is 1.61. The molecule has 27 heavy (non-hydrogen) atoms. The van der Waals surface area contributed by atoms with Gasteiger partial charge in [0, 0.05) is 50.1 Å². The number of rotatable bonds is 7. The van der Waals surface area contributed by atoms with Gasteiger partial charge in [-0.2, -0.15) is 0 Å². The van der Waals surface area contributed by atoms with Gasteiger partial charge in [-0.15, -0.1) is 0 Å². The summed E-state index contributed by atoms with van der Waals surface area (Å²) in [5.41, 5.74) is 0.144. The zero-order chi connectivity index (χ0) is 19.7. The summed E-state index contributed by atoms with van der Waals surface area (Å²) in [6, 6.07) is 5.45. The molecule has 1 aliphatic rings. The summed E-state index contributed by atoms with van der Waals surface area (Å²) in [5.74, 6) is -2.85. The number of aromatic nitrogens is 1. The second-order valence-electron chi connectivity index (χ2n) is 7.37. The number of nitrogens with zero attached hydrogens (tertiary/aromatic N) is 1. The van der Waals surface area contributed by atoms with Gasteiger partial charge < -0.3 is 14.4 Å². The van der Waals surface area contributed by atoms with Crippen LogP contribution in [0, 0.1) is 0 Å². The number of aliphatic hydroxyl groups is 1. The summed E-state index contributed by atoms with van der Waals surface area (Å²) in [4.78, 5) is 12.8. The van der Waals surface area contributed by atoms with E-state index in [1.54, 1.807) is 19.4 Å². The molecule has 0 unspecified atom stereocenters. The van der Waals surface area contributed by atoms with Crippen LogP contribution in [0.15, 0.2) is 24.4 Å². The maximum absolute atomic E-state index is 13.3. The van der Waals surface area contributed by atoms with E-state index in [0.717, 1.165) is 5.52 Å². The van der Waals surface area contributed by atoms with Crippen molar-refractivity contribution in [1.82, 2.24) is 4.57 Å². The van der Waals surface area contributed by atoms with Crippen molar-refractivity contribution in [2.75, 3.05) is 13.7 Å². The number of Topliss-reactive ketones (excluding diaryl/α,β-unsaturated/α-hetero) is 1. The van der Waals surface area contributed by atoms with Crippen LogP contribution >= 0.6 is 11.6 Å². The standard InChI is InChI=1S/C20H24ClF2NO3/c1-27-12-11-24-13-14(18-15(21)3-2-4-16(18)24)17(25)5-6-19(26)7-9-20(22,23)10-8-19/h2-4,13,26H,5-12H2,1H3. The van der Waals surface area contributed by atoms with Gasteiger partial charge >= 0.3 is 0 Å². The van der Waals surface area contributed by atoms with Crippen molar-refractivity contribution in [3.05, 3.63) is 35.0 Å². The molecular formula is C20H24ClF2NO3. The Hall–Kier alpha value is -1.50. The quantitative estimate of drug-likeness (QED) is 0.677. The Bertz CT molecular complexity index is 824. The molecule has 0 radical (unpaired) electrons. The summed E-state index contributed by atoms with van der Waals surface area (Å²) in [5, 5.41) is 11.7. The van der Waals surface area contributed by atoms with Gasteiger partial charge in [-0.05, 0) is 31.4 Å². The molecule has 1 N–H and O–H groups in total. The molecule has 1 aromatic carbocycles. The third-order valence-corrected chi connectivity index (χ3v) is 5.74. The van der Waals surface area contributed by atoms with E-state index in [0.29, 0.717) is 29.1 Å². The second kappa shape index (κ2) is 7.86. The van der Waals surface area contributed by atoms with E-state index >= 15 is 0 Å². The predicted molar refractivity (Wildman–Crippen MR) is 101 cm³/mol. The van der Waals surface area contributed by atoms with Gasteiger partial charge in [0.15, 0.2) is 5.78 Å². The number of halogens is 3. The van der Waals surface area contributed by atoms with Crippen molar-refractivity contribution in [3.8, 4) is 0 Å². The van der Waals surface area contributed by atoms with Crippen LogP contribution in [0.25, 0.3) is 10.9 Å². The van der Waals surface area contributed by atoms with Crippen LogP contribution < -0.4 is 0 Å². The first-order valence-electron chi connectivity index (χ1n) is 9.14. The zero-order valence-corrected chi connectivity index (χ0v) is 16.1. The molecule has 2 aromatic rings. The van der Waals surface area contributed by atoms with Gasteiger partial charge in [0.1, 0.15) is 0 Å². The van der Waals surface area contributed by atoms with Crippen molar-refractivity contribution in [2.45, 2.75) is 56.6 Å².